The minimum atomic E-state index is -3.08. The largest absolute Gasteiger partial charge is 0.489 e. The SMILES string of the molecule is COC(=O)N[C@@H]1C[C@@H](C(=O)OCOC(=O)C(C)(C)C)N(C(=O)c2nc(-c3ccc(OC(F)F)c(OCC4CC4)c3)oc2[C@H](C)N)C1. The summed E-state index contributed by atoms with van der Waals surface area (Å²) in [6, 6.07) is 1.36. The minimum Gasteiger partial charge on any atom is -0.489 e. The number of aromatic nitrogens is 1. The van der Waals surface area contributed by atoms with E-state index in [1.54, 1.807) is 27.7 Å². The second kappa shape index (κ2) is 14.3. The first-order chi connectivity index (χ1) is 21.7. The molecule has 2 aliphatic rings. The Morgan fingerprint density at radius 3 is 2.48 bits per heavy atom. The molecule has 0 bridgehead atoms. The fraction of sp³-hybridized carbons (Fsp3) is 0.567. The molecule has 0 unspecified atom stereocenters. The molecule has 2 amide bonds. The van der Waals surface area contributed by atoms with Crippen LogP contribution in [-0.2, 0) is 23.8 Å². The maximum atomic E-state index is 14.0. The standard InChI is InChI=1S/C30H38F2N4O10/c1-15(33)23-22(35-24(46-23)17-8-9-20(45-28(31)32)21(10-17)42-13-16-6-7-16)25(37)36-12-18(34-29(40)41-5)11-19(36)26(38)43-14-44-27(39)30(2,3)4/h8-10,15-16,18-19,28H,6-7,11-14,33H2,1-5H3,(H,34,40)/t15-,18+,19-/m0/s1. The molecule has 14 nitrogen and oxygen atoms in total. The molecule has 1 saturated heterocycles. The highest BCUT2D eigenvalue weighted by atomic mass is 19.3. The van der Waals surface area contributed by atoms with Crippen molar-refractivity contribution in [3.8, 4) is 23.0 Å². The molecule has 1 aromatic heterocycles. The van der Waals surface area contributed by atoms with E-state index < -0.39 is 60.9 Å². The number of carbonyl (C=O) groups excluding carboxylic acids is 4. The van der Waals surface area contributed by atoms with Crippen molar-refractivity contribution in [3.63, 3.8) is 0 Å². The Labute approximate surface area is 263 Å². The van der Waals surface area contributed by atoms with E-state index in [1.807, 2.05) is 0 Å². The number of benzene rings is 1. The van der Waals surface area contributed by atoms with Crippen LogP contribution in [0.2, 0.25) is 0 Å². The van der Waals surface area contributed by atoms with Gasteiger partial charge in [0.1, 0.15) is 6.04 Å². The summed E-state index contributed by atoms with van der Waals surface area (Å²) in [4.78, 5) is 56.6. The molecule has 2 fully saturated rings. The number of likely N-dealkylation sites (tertiary alicyclic amines) is 1. The normalized spacial score (nSPS) is 18.6. The molecule has 1 saturated carbocycles. The predicted octanol–water partition coefficient (Wildman–Crippen LogP) is 3.78. The molecular weight excluding hydrogens is 614 g/mol. The Kier molecular flexibility index (Phi) is 10.7. The van der Waals surface area contributed by atoms with E-state index in [0.717, 1.165) is 17.7 Å². The van der Waals surface area contributed by atoms with Crippen LogP contribution >= 0.6 is 0 Å². The smallest absolute Gasteiger partial charge is 0.407 e. The van der Waals surface area contributed by atoms with Gasteiger partial charge in [0, 0.05) is 18.5 Å². The first kappa shape index (κ1) is 34.4. The lowest BCUT2D eigenvalue weighted by molar-refractivity contribution is -0.175. The van der Waals surface area contributed by atoms with Gasteiger partial charge in [-0.25, -0.2) is 14.6 Å². The van der Waals surface area contributed by atoms with Crippen molar-refractivity contribution in [1.82, 2.24) is 15.2 Å². The van der Waals surface area contributed by atoms with Crippen LogP contribution in [0.3, 0.4) is 0 Å². The Balaban J connectivity index is 1.61. The third-order valence-corrected chi connectivity index (χ3v) is 7.19. The third-order valence-electron chi connectivity index (χ3n) is 7.19. The van der Waals surface area contributed by atoms with Gasteiger partial charge in [-0.05, 0) is 64.7 Å². The fourth-order valence-corrected chi connectivity index (χ4v) is 4.56. The fourth-order valence-electron chi connectivity index (χ4n) is 4.56. The number of alkyl halides is 2. The molecule has 16 heteroatoms. The van der Waals surface area contributed by atoms with Gasteiger partial charge in [0.15, 0.2) is 23.0 Å². The summed E-state index contributed by atoms with van der Waals surface area (Å²) in [5, 5.41) is 2.57. The van der Waals surface area contributed by atoms with E-state index in [0.29, 0.717) is 12.5 Å². The average Bonchev–Trinajstić information content (AvgIpc) is 3.55. The summed E-state index contributed by atoms with van der Waals surface area (Å²) in [7, 11) is 1.17. The molecule has 2 heterocycles. The minimum absolute atomic E-state index is 0.0102. The van der Waals surface area contributed by atoms with Crippen LogP contribution in [-0.4, -0.2) is 79.6 Å². The number of carbonyl (C=O) groups is 4. The van der Waals surface area contributed by atoms with Crippen LogP contribution in [0.4, 0.5) is 13.6 Å². The van der Waals surface area contributed by atoms with Crippen molar-refractivity contribution in [2.75, 3.05) is 27.1 Å². The lowest BCUT2D eigenvalue weighted by atomic mass is 9.98. The maximum absolute atomic E-state index is 14.0. The van der Waals surface area contributed by atoms with Gasteiger partial charge in [0.25, 0.3) is 5.91 Å². The van der Waals surface area contributed by atoms with Crippen molar-refractivity contribution in [1.29, 1.82) is 0 Å². The molecule has 3 N–H and O–H groups in total. The number of ether oxygens (including phenoxy) is 5. The molecule has 252 valence electrons. The molecular formula is C30H38F2N4O10. The Morgan fingerprint density at radius 1 is 1.15 bits per heavy atom. The van der Waals surface area contributed by atoms with Crippen LogP contribution in [0.1, 0.15) is 69.2 Å². The summed E-state index contributed by atoms with van der Waals surface area (Å²) in [5.41, 5.74) is 5.37. The maximum Gasteiger partial charge on any atom is 0.407 e. The van der Waals surface area contributed by atoms with Crippen molar-refractivity contribution >= 4 is 23.9 Å². The Morgan fingerprint density at radius 2 is 1.87 bits per heavy atom. The van der Waals surface area contributed by atoms with E-state index in [9.17, 15) is 28.0 Å². The lowest BCUT2D eigenvalue weighted by Gasteiger charge is -2.23. The predicted molar refractivity (Wildman–Crippen MR) is 155 cm³/mol. The zero-order chi connectivity index (χ0) is 33.8. The van der Waals surface area contributed by atoms with E-state index >= 15 is 0 Å². The lowest BCUT2D eigenvalue weighted by Crippen LogP contribution is -2.43. The van der Waals surface area contributed by atoms with Crippen LogP contribution in [0.15, 0.2) is 22.6 Å². The van der Waals surface area contributed by atoms with E-state index in [1.165, 1.54) is 25.3 Å². The number of methoxy groups -OCH3 is 1. The Hall–Kier alpha value is -4.47. The summed E-state index contributed by atoms with van der Waals surface area (Å²) >= 11 is 0. The number of esters is 2. The van der Waals surface area contributed by atoms with Gasteiger partial charge >= 0.3 is 24.6 Å². The van der Waals surface area contributed by atoms with Gasteiger partial charge in [-0.15, -0.1) is 0 Å². The molecule has 1 aromatic carbocycles. The summed E-state index contributed by atoms with van der Waals surface area (Å²) in [6.07, 6.45) is 1.12. The Bertz CT molecular complexity index is 1440. The third kappa shape index (κ3) is 8.62. The summed E-state index contributed by atoms with van der Waals surface area (Å²) in [6.45, 7) is 2.88. The van der Waals surface area contributed by atoms with Gasteiger partial charge in [0.2, 0.25) is 12.7 Å². The van der Waals surface area contributed by atoms with Gasteiger partial charge < -0.3 is 44.1 Å². The number of nitrogens with zero attached hydrogens (tertiary/aromatic N) is 2. The highest BCUT2D eigenvalue weighted by Crippen LogP contribution is 2.37. The van der Waals surface area contributed by atoms with Gasteiger partial charge in [-0.1, -0.05) is 0 Å². The van der Waals surface area contributed by atoms with E-state index in [4.69, 9.17) is 24.4 Å². The zero-order valence-corrected chi connectivity index (χ0v) is 26.2. The molecule has 1 aliphatic heterocycles. The quantitative estimate of drug-likeness (QED) is 0.250. The van der Waals surface area contributed by atoms with Crippen molar-refractivity contribution < 1.29 is 56.1 Å². The zero-order valence-electron chi connectivity index (χ0n) is 26.2. The number of amides is 2. The monoisotopic (exact) mass is 652 g/mol. The van der Waals surface area contributed by atoms with Crippen molar-refractivity contribution in [2.24, 2.45) is 17.1 Å². The average molecular weight is 653 g/mol. The van der Waals surface area contributed by atoms with E-state index in [2.05, 4.69) is 19.8 Å². The summed E-state index contributed by atoms with van der Waals surface area (Å²) in [5.74, 6) is -2.13. The molecule has 46 heavy (non-hydrogen) atoms. The van der Waals surface area contributed by atoms with Gasteiger partial charge in [-0.3, -0.25) is 9.59 Å². The number of halogens is 2. The van der Waals surface area contributed by atoms with Gasteiger partial charge in [-0.2, -0.15) is 8.78 Å². The van der Waals surface area contributed by atoms with Crippen molar-refractivity contribution in [2.45, 2.75) is 71.7 Å². The first-order valence-electron chi connectivity index (χ1n) is 14.7. The van der Waals surface area contributed by atoms with Gasteiger partial charge in [0.05, 0.1) is 31.2 Å². The van der Waals surface area contributed by atoms with Crippen molar-refractivity contribution in [3.05, 3.63) is 29.7 Å². The molecule has 1 aliphatic carbocycles. The highest BCUT2D eigenvalue weighted by molar-refractivity contribution is 5.97. The number of alkyl carbamates (subject to hydrolysis) is 1. The van der Waals surface area contributed by atoms with Crippen LogP contribution in [0, 0.1) is 11.3 Å². The molecule has 0 radical (unpaired) electrons. The summed E-state index contributed by atoms with van der Waals surface area (Å²) < 4.78 is 57.1. The molecule has 2 aromatic rings. The van der Waals surface area contributed by atoms with Crippen LogP contribution in [0.5, 0.6) is 11.5 Å². The second-order valence-corrected chi connectivity index (χ2v) is 12.1. The molecule has 4 rings (SSSR count). The number of nitrogens with two attached hydrogens (primary N) is 1. The second-order valence-electron chi connectivity index (χ2n) is 12.1. The number of hydrogen-bond donors (Lipinski definition) is 2. The number of rotatable bonds is 12. The van der Waals surface area contributed by atoms with Crippen LogP contribution < -0.4 is 20.5 Å². The molecule has 3 atom stereocenters. The topological polar surface area (TPSA) is 182 Å². The van der Waals surface area contributed by atoms with Crippen LogP contribution in [0.25, 0.3) is 11.5 Å². The first-order valence-corrected chi connectivity index (χ1v) is 14.7. The molecule has 0 spiro atoms. The number of hydrogen-bond acceptors (Lipinski definition) is 12. The van der Waals surface area contributed by atoms with E-state index in [-0.39, 0.29) is 47.4 Å². The highest BCUT2D eigenvalue weighted by Gasteiger charge is 2.43. The number of nitrogens with one attached hydrogen (secondary N) is 1. The number of oxazole rings is 1.